The third kappa shape index (κ3) is 2.35. The molecule has 112 valence electrons. The Kier molecular flexibility index (Phi) is 3.51. The normalized spacial score (nSPS) is 29.3. The molecular weight excluding hydrogens is 313 g/mol. The van der Waals surface area contributed by atoms with Gasteiger partial charge in [0.2, 0.25) is 5.91 Å². The zero-order chi connectivity index (χ0) is 15.3. The van der Waals surface area contributed by atoms with Gasteiger partial charge in [-0.05, 0) is 42.9 Å². The van der Waals surface area contributed by atoms with Crippen LogP contribution in [-0.2, 0) is 9.63 Å². The molecule has 0 radical (unpaired) electrons. The third-order valence-electron chi connectivity index (χ3n) is 4.59. The average molecular weight is 328 g/mol. The van der Waals surface area contributed by atoms with E-state index in [1.807, 2.05) is 0 Å². The van der Waals surface area contributed by atoms with E-state index in [0.29, 0.717) is 22.0 Å². The third-order valence-corrected chi connectivity index (χ3v) is 5.33. The second-order valence-corrected chi connectivity index (χ2v) is 6.99. The van der Waals surface area contributed by atoms with Crippen LogP contribution >= 0.6 is 23.2 Å². The Hall–Kier alpha value is -1.10. The molecule has 1 N–H and O–H groups in total. The molecule has 4 nitrogen and oxygen atoms in total. The molecule has 2 bridgehead atoms. The molecule has 0 heterocycles. The number of ketones is 1. The highest BCUT2D eigenvalue weighted by atomic mass is 35.5. The quantitative estimate of drug-likeness (QED) is 0.666. The van der Waals surface area contributed by atoms with Crippen LogP contribution in [-0.4, -0.2) is 18.8 Å². The topological polar surface area (TPSA) is 55.4 Å². The molecule has 3 saturated carbocycles. The van der Waals surface area contributed by atoms with E-state index in [9.17, 15) is 9.59 Å². The predicted molar refractivity (Wildman–Crippen MR) is 79.3 cm³/mol. The summed E-state index contributed by atoms with van der Waals surface area (Å²) in [4.78, 5) is 28.8. The van der Waals surface area contributed by atoms with Crippen molar-refractivity contribution in [2.24, 2.45) is 10.8 Å². The van der Waals surface area contributed by atoms with E-state index in [1.54, 1.807) is 18.2 Å². The van der Waals surface area contributed by atoms with E-state index in [0.717, 1.165) is 19.3 Å². The van der Waals surface area contributed by atoms with Crippen molar-refractivity contribution >= 4 is 34.9 Å². The lowest BCUT2D eigenvalue weighted by molar-refractivity contribution is -0.213. The highest BCUT2D eigenvalue weighted by Crippen LogP contribution is 2.75. The van der Waals surface area contributed by atoms with Crippen molar-refractivity contribution in [3.8, 4) is 0 Å². The highest BCUT2D eigenvalue weighted by molar-refractivity contribution is 6.42. The van der Waals surface area contributed by atoms with Crippen molar-refractivity contribution in [2.45, 2.75) is 25.7 Å². The number of nitrogens with one attached hydrogen (secondary N) is 1. The lowest BCUT2D eigenvalue weighted by atomic mass is 9.34. The molecule has 1 amide bonds. The summed E-state index contributed by atoms with van der Waals surface area (Å²) < 4.78 is 0. The monoisotopic (exact) mass is 327 g/mol. The highest BCUT2D eigenvalue weighted by Gasteiger charge is 2.71. The lowest BCUT2D eigenvalue weighted by Gasteiger charge is -2.69. The van der Waals surface area contributed by atoms with E-state index in [4.69, 9.17) is 23.2 Å². The zero-order valence-corrected chi connectivity index (χ0v) is 13.1. The van der Waals surface area contributed by atoms with Crippen LogP contribution in [0.5, 0.6) is 0 Å². The summed E-state index contributed by atoms with van der Waals surface area (Å²) in [5.74, 6) is -0.0251. The van der Waals surface area contributed by atoms with E-state index < -0.39 is 0 Å². The largest absolute Gasteiger partial charge is 0.294 e. The molecule has 3 fully saturated rings. The Morgan fingerprint density at radius 3 is 2.48 bits per heavy atom. The molecular formula is C15H15Cl2NO3. The maximum absolute atomic E-state index is 12.3. The average Bonchev–Trinajstić information content (AvgIpc) is 2.35. The molecule has 1 aromatic rings. The van der Waals surface area contributed by atoms with Crippen molar-refractivity contribution in [2.75, 3.05) is 7.11 Å². The van der Waals surface area contributed by atoms with Gasteiger partial charge in [-0.15, -0.1) is 0 Å². The summed E-state index contributed by atoms with van der Waals surface area (Å²) in [5.41, 5.74) is 2.63. The molecule has 0 spiro atoms. The first-order valence-electron chi connectivity index (χ1n) is 6.72. The van der Waals surface area contributed by atoms with Gasteiger partial charge in [-0.2, -0.15) is 0 Å². The van der Waals surface area contributed by atoms with Crippen LogP contribution < -0.4 is 5.48 Å². The van der Waals surface area contributed by atoms with Crippen LogP contribution in [0.4, 0.5) is 0 Å². The first kappa shape index (κ1) is 14.8. The molecule has 0 atom stereocenters. The van der Waals surface area contributed by atoms with Gasteiger partial charge in [0, 0.05) is 12.0 Å². The zero-order valence-electron chi connectivity index (χ0n) is 11.5. The van der Waals surface area contributed by atoms with Gasteiger partial charge >= 0.3 is 0 Å². The number of amides is 1. The van der Waals surface area contributed by atoms with Crippen LogP contribution in [0.2, 0.25) is 10.0 Å². The molecule has 0 saturated heterocycles. The van der Waals surface area contributed by atoms with Crippen molar-refractivity contribution in [1.29, 1.82) is 0 Å². The van der Waals surface area contributed by atoms with Crippen LogP contribution in [0.15, 0.2) is 18.2 Å². The SMILES string of the molecule is CONC(=O)C12CC(CC(=O)c3ccc(Cl)c(Cl)c3)(C1)C2. The number of hydroxylamine groups is 1. The number of halogens is 2. The fourth-order valence-corrected chi connectivity index (χ4v) is 4.04. The summed E-state index contributed by atoms with van der Waals surface area (Å²) >= 11 is 11.8. The fraction of sp³-hybridized carbons (Fsp3) is 0.467. The summed E-state index contributed by atoms with van der Waals surface area (Å²) in [7, 11) is 1.42. The summed E-state index contributed by atoms with van der Waals surface area (Å²) in [6.07, 6.45) is 2.71. The van der Waals surface area contributed by atoms with Gasteiger partial charge in [0.25, 0.3) is 0 Å². The van der Waals surface area contributed by atoms with Crippen molar-refractivity contribution in [3.05, 3.63) is 33.8 Å². The molecule has 21 heavy (non-hydrogen) atoms. The van der Waals surface area contributed by atoms with Gasteiger partial charge in [0.05, 0.1) is 22.6 Å². The minimum Gasteiger partial charge on any atom is -0.294 e. The summed E-state index contributed by atoms with van der Waals surface area (Å²) in [6, 6.07) is 4.92. The maximum Gasteiger partial charge on any atom is 0.249 e. The predicted octanol–water partition coefficient (Wildman–Crippen LogP) is 3.41. The van der Waals surface area contributed by atoms with Crippen molar-refractivity contribution < 1.29 is 14.4 Å². The molecule has 0 aromatic heterocycles. The number of benzene rings is 1. The van der Waals surface area contributed by atoms with Crippen LogP contribution in [0, 0.1) is 10.8 Å². The minimum atomic E-state index is -0.312. The smallest absolute Gasteiger partial charge is 0.249 e. The second kappa shape index (κ2) is 4.97. The molecule has 4 rings (SSSR count). The van der Waals surface area contributed by atoms with Gasteiger partial charge in [-0.25, -0.2) is 5.48 Å². The Morgan fingerprint density at radius 2 is 1.90 bits per heavy atom. The molecule has 3 aliphatic rings. The van der Waals surface area contributed by atoms with E-state index >= 15 is 0 Å². The van der Waals surface area contributed by atoms with Gasteiger partial charge in [0.1, 0.15) is 0 Å². The molecule has 0 aliphatic heterocycles. The number of carbonyl (C=O) groups excluding carboxylic acids is 2. The van der Waals surface area contributed by atoms with Crippen LogP contribution in [0.3, 0.4) is 0 Å². The number of Topliss-reactive ketones (excluding diaryl/α,β-unsaturated/α-hetero) is 1. The Bertz CT molecular complexity index is 610. The van der Waals surface area contributed by atoms with Gasteiger partial charge in [-0.1, -0.05) is 23.2 Å². The molecule has 1 aromatic carbocycles. The standard InChI is InChI=1S/C15H15Cl2NO3/c1-21-18-13(20)15-6-14(7-15,8-15)5-12(19)9-2-3-10(16)11(17)4-9/h2-4H,5-8H2,1H3,(H,18,20). The second-order valence-electron chi connectivity index (χ2n) is 6.17. The van der Waals surface area contributed by atoms with Crippen molar-refractivity contribution in [1.82, 2.24) is 5.48 Å². The summed E-state index contributed by atoms with van der Waals surface area (Å²) in [6.45, 7) is 0. The van der Waals surface area contributed by atoms with Crippen molar-refractivity contribution in [3.63, 3.8) is 0 Å². The lowest BCUT2D eigenvalue weighted by Crippen LogP contribution is -2.68. The number of hydrogen-bond donors (Lipinski definition) is 1. The maximum atomic E-state index is 12.3. The van der Waals surface area contributed by atoms with E-state index in [2.05, 4.69) is 10.3 Å². The number of rotatable bonds is 5. The summed E-state index contributed by atoms with van der Waals surface area (Å²) in [5, 5.41) is 0.824. The number of carbonyl (C=O) groups is 2. The van der Waals surface area contributed by atoms with Gasteiger partial charge < -0.3 is 0 Å². The van der Waals surface area contributed by atoms with Gasteiger partial charge in [-0.3, -0.25) is 14.4 Å². The van der Waals surface area contributed by atoms with Crippen LogP contribution in [0.1, 0.15) is 36.0 Å². The molecule has 0 unspecified atom stereocenters. The van der Waals surface area contributed by atoms with E-state index in [1.165, 1.54) is 7.11 Å². The van der Waals surface area contributed by atoms with E-state index in [-0.39, 0.29) is 22.5 Å². The van der Waals surface area contributed by atoms with Gasteiger partial charge in [0.15, 0.2) is 5.78 Å². The minimum absolute atomic E-state index is 0.0196. The number of hydrogen-bond acceptors (Lipinski definition) is 3. The molecule has 3 aliphatic carbocycles. The van der Waals surface area contributed by atoms with Crippen LogP contribution in [0.25, 0.3) is 0 Å². The Labute approximate surface area is 132 Å². The first-order valence-corrected chi connectivity index (χ1v) is 7.47. The Balaban J connectivity index is 1.61. The Morgan fingerprint density at radius 1 is 1.24 bits per heavy atom. The fourth-order valence-electron chi connectivity index (χ4n) is 3.74. The molecule has 6 heteroatoms. The first-order chi connectivity index (χ1) is 9.90.